The lowest BCUT2D eigenvalue weighted by Gasteiger charge is -2.33. The molecule has 0 unspecified atom stereocenters. The van der Waals surface area contributed by atoms with Crippen molar-refractivity contribution in [3.05, 3.63) is 0 Å². The van der Waals surface area contributed by atoms with Crippen molar-refractivity contribution >= 4 is 7.14 Å². The van der Waals surface area contributed by atoms with Gasteiger partial charge in [0.25, 0.3) is 0 Å². The number of hydrogen-bond acceptors (Lipinski definition) is 2. The predicted octanol–water partition coefficient (Wildman–Crippen LogP) is 4.50. The van der Waals surface area contributed by atoms with Gasteiger partial charge in [0.15, 0.2) is 7.14 Å². The number of nitriles is 1. The van der Waals surface area contributed by atoms with Crippen LogP contribution in [0.25, 0.3) is 0 Å². The Labute approximate surface area is 98.8 Å². The monoisotopic (exact) mass is 239 g/mol. The molecule has 2 saturated carbocycles. The lowest BCUT2D eigenvalue weighted by atomic mass is 9.99. The molecule has 0 spiro atoms. The number of rotatable bonds is 2. The van der Waals surface area contributed by atoms with Crippen molar-refractivity contribution in [3.8, 4) is 5.81 Å². The Kier molecular flexibility index (Phi) is 4.09. The van der Waals surface area contributed by atoms with Gasteiger partial charge >= 0.3 is 0 Å². The minimum Gasteiger partial charge on any atom is -0.307 e. The molecule has 2 fully saturated rings. The summed E-state index contributed by atoms with van der Waals surface area (Å²) >= 11 is 0. The van der Waals surface area contributed by atoms with Crippen LogP contribution in [-0.2, 0) is 4.57 Å². The summed E-state index contributed by atoms with van der Waals surface area (Å²) in [6.45, 7) is 0. The highest BCUT2D eigenvalue weighted by atomic mass is 31.2. The summed E-state index contributed by atoms with van der Waals surface area (Å²) in [5, 5.41) is 9.38. The Bertz CT molecular complexity index is 286. The van der Waals surface area contributed by atoms with Crippen LogP contribution in [0.2, 0.25) is 0 Å². The van der Waals surface area contributed by atoms with Crippen LogP contribution >= 0.6 is 7.14 Å². The van der Waals surface area contributed by atoms with E-state index in [2.05, 4.69) is 5.81 Å². The molecule has 2 nitrogen and oxygen atoms in total. The highest BCUT2D eigenvalue weighted by molar-refractivity contribution is 7.70. The average molecular weight is 239 g/mol. The Morgan fingerprint density at radius 2 is 1.19 bits per heavy atom. The average Bonchev–Trinajstić information content (AvgIpc) is 2.40. The van der Waals surface area contributed by atoms with E-state index in [4.69, 9.17) is 0 Å². The molecular weight excluding hydrogens is 217 g/mol. The van der Waals surface area contributed by atoms with Gasteiger partial charge in [0.1, 0.15) is 5.81 Å². The molecule has 2 aliphatic rings. The molecule has 2 aliphatic carbocycles. The quantitative estimate of drug-likeness (QED) is 0.666. The summed E-state index contributed by atoms with van der Waals surface area (Å²) in [5.74, 6) is 2.27. The number of hydrogen-bond donors (Lipinski definition) is 0. The Morgan fingerprint density at radius 1 is 0.812 bits per heavy atom. The second-order valence-electron chi connectivity index (χ2n) is 5.39. The molecule has 0 saturated heterocycles. The molecular formula is C13H22NOP. The fourth-order valence-corrected chi connectivity index (χ4v) is 6.58. The van der Waals surface area contributed by atoms with E-state index in [9.17, 15) is 9.83 Å². The van der Waals surface area contributed by atoms with Crippen LogP contribution in [0, 0.1) is 11.1 Å². The second kappa shape index (κ2) is 5.37. The third-order valence-corrected chi connectivity index (χ3v) is 7.91. The third-order valence-electron chi connectivity index (χ3n) is 4.39. The van der Waals surface area contributed by atoms with Gasteiger partial charge in [-0.3, -0.25) is 0 Å². The van der Waals surface area contributed by atoms with Crippen LogP contribution in [-0.4, -0.2) is 11.3 Å². The van der Waals surface area contributed by atoms with Gasteiger partial charge in [-0.2, -0.15) is 5.26 Å². The number of nitrogens with zero attached hydrogens (tertiary/aromatic N) is 1. The first-order valence-corrected chi connectivity index (χ1v) is 8.62. The normalized spacial score (nSPS) is 25.2. The second-order valence-corrected chi connectivity index (χ2v) is 8.47. The molecule has 3 heteroatoms. The Balaban J connectivity index is 2.10. The van der Waals surface area contributed by atoms with Crippen LogP contribution in [0.1, 0.15) is 64.2 Å². The van der Waals surface area contributed by atoms with Gasteiger partial charge in [-0.15, -0.1) is 0 Å². The summed E-state index contributed by atoms with van der Waals surface area (Å²) in [5.41, 5.74) is 0.490. The molecule has 0 aromatic heterocycles. The standard InChI is InChI=1S/C13H22NOP/c14-11-16(15,12-7-3-1-4-8-12)13-9-5-2-6-10-13/h12-13H,1-10H2. The van der Waals surface area contributed by atoms with Crippen molar-refractivity contribution in [2.75, 3.05) is 0 Å². The van der Waals surface area contributed by atoms with Crippen molar-refractivity contribution in [3.63, 3.8) is 0 Å². The minimum absolute atomic E-state index is 0.245. The van der Waals surface area contributed by atoms with E-state index in [0.717, 1.165) is 25.7 Å². The summed E-state index contributed by atoms with van der Waals surface area (Å²) < 4.78 is 12.9. The topological polar surface area (TPSA) is 40.9 Å². The van der Waals surface area contributed by atoms with E-state index in [1.807, 2.05) is 0 Å². The van der Waals surface area contributed by atoms with E-state index >= 15 is 0 Å². The molecule has 90 valence electrons. The van der Waals surface area contributed by atoms with Gasteiger partial charge in [0, 0.05) is 11.3 Å². The first-order chi connectivity index (χ1) is 7.77. The van der Waals surface area contributed by atoms with E-state index in [-0.39, 0.29) is 11.3 Å². The van der Waals surface area contributed by atoms with Crippen molar-refractivity contribution < 1.29 is 4.57 Å². The predicted molar refractivity (Wildman–Crippen MR) is 67.0 cm³/mol. The maximum absolute atomic E-state index is 12.9. The zero-order valence-corrected chi connectivity index (χ0v) is 10.9. The molecule has 0 aromatic carbocycles. The van der Waals surface area contributed by atoms with E-state index < -0.39 is 7.14 Å². The van der Waals surface area contributed by atoms with Crippen LogP contribution in [0.15, 0.2) is 0 Å². The zero-order valence-electron chi connectivity index (χ0n) is 10.0. The minimum atomic E-state index is -2.55. The molecule has 16 heavy (non-hydrogen) atoms. The highest BCUT2D eigenvalue weighted by Gasteiger charge is 2.41. The van der Waals surface area contributed by atoms with E-state index in [0.29, 0.717) is 0 Å². The summed E-state index contributed by atoms with van der Waals surface area (Å²) in [6.07, 6.45) is 11.4. The molecule has 0 atom stereocenters. The largest absolute Gasteiger partial charge is 0.307 e. The maximum Gasteiger partial charge on any atom is 0.187 e. The maximum atomic E-state index is 12.9. The van der Waals surface area contributed by atoms with Crippen LogP contribution in [0.3, 0.4) is 0 Å². The van der Waals surface area contributed by atoms with Crippen molar-refractivity contribution in [2.45, 2.75) is 75.5 Å². The lowest BCUT2D eigenvalue weighted by Crippen LogP contribution is -2.22. The molecule has 0 heterocycles. The SMILES string of the molecule is N#CP(=O)(C1CCCCC1)C1CCCCC1. The van der Waals surface area contributed by atoms with Crippen molar-refractivity contribution in [1.82, 2.24) is 0 Å². The first-order valence-electron chi connectivity index (χ1n) is 6.78. The smallest absolute Gasteiger partial charge is 0.187 e. The fourth-order valence-electron chi connectivity index (χ4n) is 3.39. The lowest BCUT2D eigenvalue weighted by molar-refractivity contribution is 0.453. The van der Waals surface area contributed by atoms with Crippen molar-refractivity contribution in [2.24, 2.45) is 0 Å². The van der Waals surface area contributed by atoms with Crippen LogP contribution in [0.5, 0.6) is 0 Å². The summed E-state index contributed by atoms with van der Waals surface area (Å²) in [4.78, 5) is 0. The highest BCUT2D eigenvalue weighted by Crippen LogP contribution is 2.61. The molecule has 0 aromatic rings. The Hall–Kier alpha value is -0.280. The fraction of sp³-hybridized carbons (Fsp3) is 0.923. The third kappa shape index (κ3) is 2.35. The molecule has 0 N–H and O–H groups in total. The summed E-state index contributed by atoms with van der Waals surface area (Å²) in [7, 11) is -2.55. The van der Waals surface area contributed by atoms with Gasteiger partial charge in [-0.05, 0) is 25.7 Å². The first kappa shape index (κ1) is 12.2. The van der Waals surface area contributed by atoms with Crippen molar-refractivity contribution in [1.29, 1.82) is 5.26 Å². The van der Waals surface area contributed by atoms with Gasteiger partial charge in [-0.1, -0.05) is 38.5 Å². The summed E-state index contributed by atoms with van der Waals surface area (Å²) in [6, 6.07) is 0. The molecule has 0 aliphatic heterocycles. The molecule has 0 amide bonds. The molecule has 0 radical (unpaired) electrons. The van der Waals surface area contributed by atoms with Gasteiger partial charge in [-0.25, -0.2) is 0 Å². The van der Waals surface area contributed by atoms with E-state index in [1.165, 1.54) is 38.5 Å². The van der Waals surface area contributed by atoms with E-state index in [1.54, 1.807) is 0 Å². The zero-order chi connectivity index (χ0) is 11.4. The molecule has 2 rings (SSSR count). The van der Waals surface area contributed by atoms with Gasteiger partial charge < -0.3 is 4.57 Å². The van der Waals surface area contributed by atoms with Crippen LogP contribution in [0.4, 0.5) is 0 Å². The van der Waals surface area contributed by atoms with Gasteiger partial charge in [0.05, 0.1) is 0 Å². The van der Waals surface area contributed by atoms with Crippen LogP contribution < -0.4 is 0 Å². The van der Waals surface area contributed by atoms with Gasteiger partial charge in [0.2, 0.25) is 0 Å². The molecule has 0 bridgehead atoms. The Morgan fingerprint density at radius 3 is 1.50 bits per heavy atom.